The molecule has 9 heteroatoms. The van der Waals surface area contributed by atoms with Gasteiger partial charge in [0.2, 0.25) is 0 Å². The quantitative estimate of drug-likeness (QED) is 0.788. The highest BCUT2D eigenvalue weighted by Gasteiger charge is 2.62. The molecule has 0 bridgehead atoms. The Hall–Kier alpha value is -0.470. The first-order valence-electron chi connectivity index (χ1n) is 4.22. The lowest BCUT2D eigenvalue weighted by atomic mass is 10.0. The maximum Gasteiger partial charge on any atom is 0.455 e. The molecule has 2 N–H and O–H groups in total. The number of benzene rings is 1. The monoisotopic (exact) mass is 357 g/mol. The predicted octanol–water partition coefficient (Wildman–Crippen LogP) is 4.21. The number of hydrogen-bond donors (Lipinski definition) is 1. The Morgan fingerprint density at radius 1 is 1.11 bits per heavy atom. The molecule has 0 saturated carbocycles. The molecule has 1 rings (SSSR count). The van der Waals surface area contributed by atoms with Crippen LogP contribution >= 0.6 is 28.3 Å². The van der Waals surface area contributed by atoms with Crippen molar-refractivity contribution in [1.82, 2.24) is 0 Å². The Kier molecular flexibility index (Phi) is 5.52. The van der Waals surface area contributed by atoms with Gasteiger partial charge in [-0.2, -0.15) is 22.0 Å². The smallest absolute Gasteiger partial charge is 0.319 e. The fourth-order valence-corrected chi connectivity index (χ4v) is 1.62. The molecule has 0 aromatic heterocycles. The van der Waals surface area contributed by atoms with Crippen LogP contribution in [0.5, 0.6) is 0 Å². The van der Waals surface area contributed by atoms with E-state index in [9.17, 15) is 26.3 Å². The van der Waals surface area contributed by atoms with Crippen LogP contribution in [0.4, 0.5) is 26.3 Å². The molecular formula is C9H7BrClF6N. The average Bonchev–Trinajstić information content (AvgIpc) is 2.19. The van der Waals surface area contributed by atoms with Crippen molar-refractivity contribution in [2.45, 2.75) is 18.1 Å². The number of alkyl halides is 5. The van der Waals surface area contributed by atoms with Gasteiger partial charge >= 0.3 is 12.1 Å². The van der Waals surface area contributed by atoms with E-state index in [0.717, 1.165) is 12.1 Å². The molecule has 0 fully saturated rings. The molecule has 1 aromatic carbocycles. The lowest BCUT2D eigenvalue weighted by molar-refractivity contribution is -0.291. The van der Waals surface area contributed by atoms with Crippen LogP contribution in [-0.4, -0.2) is 12.1 Å². The van der Waals surface area contributed by atoms with Gasteiger partial charge in [0.15, 0.2) is 0 Å². The third kappa shape index (κ3) is 3.30. The summed E-state index contributed by atoms with van der Waals surface area (Å²) in [6, 6.07) is -0.218. The Morgan fingerprint density at radius 2 is 1.61 bits per heavy atom. The lowest BCUT2D eigenvalue weighted by Crippen LogP contribution is -2.46. The van der Waals surface area contributed by atoms with Crippen molar-refractivity contribution >= 4 is 28.3 Å². The van der Waals surface area contributed by atoms with Crippen molar-refractivity contribution in [2.75, 3.05) is 0 Å². The third-order valence-corrected chi connectivity index (χ3v) is 2.78. The van der Waals surface area contributed by atoms with E-state index in [-0.39, 0.29) is 16.9 Å². The number of nitrogens with two attached hydrogens (primary N) is 1. The van der Waals surface area contributed by atoms with Gasteiger partial charge in [0, 0.05) is 4.47 Å². The molecule has 0 aliphatic heterocycles. The predicted molar refractivity (Wildman–Crippen MR) is 59.3 cm³/mol. The SMILES string of the molecule is Cl.N[C@@H](c1cc(F)ccc1Br)C(F)(F)C(F)(F)F. The second-order valence-electron chi connectivity index (χ2n) is 3.26. The molecule has 0 heterocycles. The summed E-state index contributed by atoms with van der Waals surface area (Å²) in [6.45, 7) is 0. The Labute approximate surface area is 113 Å². The number of hydrogen-bond acceptors (Lipinski definition) is 1. The topological polar surface area (TPSA) is 26.0 Å². The highest BCUT2D eigenvalue weighted by molar-refractivity contribution is 9.10. The second kappa shape index (κ2) is 5.66. The minimum Gasteiger partial charge on any atom is -0.319 e. The van der Waals surface area contributed by atoms with Crippen molar-refractivity contribution in [3.05, 3.63) is 34.1 Å². The Morgan fingerprint density at radius 3 is 2.06 bits per heavy atom. The van der Waals surface area contributed by atoms with Crippen LogP contribution in [0.25, 0.3) is 0 Å². The van der Waals surface area contributed by atoms with Gasteiger partial charge in [-0.25, -0.2) is 4.39 Å². The zero-order valence-corrected chi connectivity index (χ0v) is 10.8. The molecule has 0 aliphatic carbocycles. The normalized spacial score (nSPS) is 14.0. The van der Waals surface area contributed by atoms with Crippen molar-refractivity contribution in [1.29, 1.82) is 0 Å². The highest BCUT2D eigenvalue weighted by atomic mass is 79.9. The van der Waals surface area contributed by atoms with Crippen LogP contribution in [0.1, 0.15) is 11.6 Å². The van der Waals surface area contributed by atoms with Crippen LogP contribution in [-0.2, 0) is 0 Å². The average molecular weight is 359 g/mol. The molecule has 0 saturated heterocycles. The summed E-state index contributed by atoms with van der Waals surface area (Å²) in [6.07, 6.45) is -5.79. The van der Waals surface area contributed by atoms with E-state index in [4.69, 9.17) is 5.73 Å². The maximum atomic E-state index is 12.9. The molecule has 104 valence electrons. The molecule has 0 radical (unpaired) electrons. The van der Waals surface area contributed by atoms with Crippen LogP contribution in [0.3, 0.4) is 0 Å². The van der Waals surface area contributed by atoms with E-state index in [1.54, 1.807) is 0 Å². The second-order valence-corrected chi connectivity index (χ2v) is 4.12. The van der Waals surface area contributed by atoms with Gasteiger partial charge < -0.3 is 5.73 Å². The van der Waals surface area contributed by atoms with Crippen molar-refractivity contribution in [3.63, 3.8) is 0 Å². The van der Waals surface area contributed by atoms with Gasteiger partial charge in [0.1, 0.15) is 11.9 Å². The van der Waals surface area contributed by atoms with Gasteiger partial charge in [0.25, 0.3) is 0 Å². The third-order valence-electron chi connectivity index (χ3n) is 2.06. The van der Waals surface area contributed by atoms with E-state index < -0.39 is 29.5 Å². The van der Waals surface area contributed by atoms with Crippen molar-refractivity contribution < 1.29 is 26.3 Å². The molecule has 18 heavy (non-hydrogen) atoms. The molecule has 0 spiro atoms. The minimum absolute atomic E-state index is 0. The van der Waals surface area contributed by atoms with Crippen LogP contribution in [0, 0.1) is 5.82 Å². The van der Waals surface area contributed by atoms with Gasteiger partial charge in [-0.3, -0.25) is 0 Å². The molecule has 1 aromatic rings. The minimum atomic E-state index is -5.79. The van der Waals surface area contributed by atoms with Crippen molar-refractivity contribution in [2.24, 2.45) is 5.73 Å². The summed E-state index contributed by atoms with van der Waals surface area (Å²) in [4.78, 5) is 0. The van der Waals surface area contributed by atoms with Crippen LogP contribution in [0.2, 0.25) is 0 Å². The summed E-state index contributed by atoms with van der Waals surface area (Å²) >= 11 is 2.74. The van der Waals surface area contributed by atoms with Gasteiger partial charge in [-0.15, -0.1) is 12.4 Å². The van der Waals surface area contributed by atoms with Crippen LogP contribution in [0.15, 0.2) is 22.7 Å². The summed E-state index contributed by atoms with van der Waals surface area (Å²) in [5.74, 6) is -6.08. The highest BCUT2D eigenvalue weighted by Crippen LogP contribution is 2.44. The summed E-state index contributed by atoms with van der Waals surface area (Å²) in [7, 11) is 0. The molecular weight excluding hydrogens is 351 g/mol. The zero-order chi connectivity index (χ0) is 13.4. The summed E-state index contributed by atoms with van der Waals surface area (Å²) < 4.78 is 74.7. The largest absolute Gasteiger partial charge is 0.455 e. The standard InChI is InChI=1S/C9H6BrF6N.ClH/c10-6-2-1-4(11)3-5(6)7(17)8(12,13)9(14,15)16;/h1-3,7H,17H2;1H/t7-;/m0./s1. The number of halogens is 8. The van der Waals surface area contributed by atoms with E-state index in [2.05, 4.69) is 15.9 Å². The first-order chi connectivity index (χ1) is 7.57. The maximum absolute atomic E-state index is 12.9. The van der Waals surface area contributed by atoms with Gasteiger partial charge in [0.05, 0.1) is 0 Å². The van der Waals surface area contributed by atoms with E-state index in [1.165, 1.54) is 0 Å². The Balaban J connectivity index is 0.00000289. The summed E-state index contributed by atoms with van der Waals surface area (Å²) in [5.41, 5.74) is 4.22. The van der Waals surface area contributed by atoms with Crippen molar-refractivity contribution in [3.8, 4) is 0 Å². The first-order valence-corrected chi connectivity index (χ1v) is 5.01. The van der Waals surface area contributed by atoms with E-state index in [1.807, 2.05) is 0 Å². The van der Waals surface area contributed by atoms with Crippen LogP contribution < -0.4 is 5.73 Å². The molecule has 0 amide bonds. The van der Waals surface area contributed by atoms with E-state index >= 15 is 0 Å². The summed E-state index contributed by atoms with van der Waals surface area (Å²) in [5, 5.41) is 0. The fraction of sp³-hybridized carbons (Fsp3) is 0.333. The molecule has 1 nitrogen and oxygen atoms in total. The fourth-order valence-electron chi connectivity index (χ4n) is 1.12. The van der Waals surface area contributed by atoms with E-state index in [0.29, 0.717) is 6.07 Å². The first kappa shape index (κ1) is 17.5. The van der Waals surface area contributed by atoms with Gasteiger partial charge in [-0.05, 0) is 23.8 Å². The Bertz CT molecular complexity index is 422. The number of rotatable bonds is 2. The molecule has 0 aliphatic rings. The molecule has 1 atom stereocenters. The van der Waals surface area contributed by atoms with Gasteiger partial charge in [-0.1, -0.05) is 15.9 Å². The lowest BCUT2D eigenvalue weighted by Gasteiger charge is -2.26. The molecule has 0 unspecified atom stereocenters. The zero-order valence-electron chi connectivity index (χ0n) is 8.44.